The molecule has 0 spiro atoms. The number of carbonyl (C=O) groups is 1. The summed E-state index contributed by atoms with van der Waals surface area (Å²) in [6.07, 6.45) is 3.49. The highest BCUT2D eigenvalue weighted by Crippen LogP contribution is 2.28. The van der Waals surface area contributed by atoms with Gasteiger partial charge in [-0.1, -0.05) is 19.3 Å². The number of carbonyl (C=O) groups excluding carboxylic acids is 1. The van der Waals surface area contributed by atoms with Crippen LogP contribution in [0.1, 0.15) is 42.5 Å². The maximum absolute atomic E-state index is 13.5. The fourth-order valence-electron chi connectivity index (χ4n) is 2.41. The minimum atomic E-state index is -1.69. The van der Waals surface area contributed by atoms with Crippen molar-refractivity contribution in [2.45, 2.75) is 37.6 Å². The molecule has 1 saturated carbocycles. The van der Waals surface area contributed by atoms with E-state index >= 15 is 0 Å². The van der Waals surface area contributed by atoms with Crippen LogP contribution in [0.5, 0.6) is 0 Å². The molecule has 1 aromatic rings. The molecule has 0 radical (unpaired) electrons. The molecule has 2 rings (SSSR count). The van der Waals surface area contributed by atoms with E-state index in [0.717, 1.165) is 25.3 Å². The van der Waals surface area contributed by atoms with Crippen LogP contribution in [0.3, 0.4) is 0 Å². The third kappa shape index (κ3) is 2.62. The molecule has 0 heterocycles. The molecule has 0 unspecified atom stereocenters. The largest absolute Gasteiger partial charge is 0.334 e. The number of halogens is 3. The van der Waals surface area contributed by atoms with Gasteiger partial charge in [0.25, 0.3) is 5.91 Å². The number of hydrogen-bond donors (Lipinski definition) is 1. The molecular formula is C14H13F3N2O. The zero-order chi connectivity index (χ0) is 14.8. The van der Waals surface area contributed by atoms with Crippen LogP contribution in [0.4, 0.5) is 13.2 Å². The molecule has 1 aromatic carbocycles. The molecule has 1 N–H and O–H groups in total. The first-order valence-electron chi connectivity index (χ1n) is 6.36. The van der Waals surface area contributed by atoms with Crippen molar-refractivity contribution in [3.8, 4) is 6.07 Å². The number of nitriles is 1. The minimum Gasteiger partial charge on any atom is -0.334 e. The lowest BCUT2D eigenvalue weighted by molar-refractivity contribution is 0.0897. The molecule has 0 bridgehead atoms. The molecule has 0 aromatic heterocycles. The van der Waals surface area contributed by atoms with E-state index in [1.165, 1.54) is 0 Å². The lowest BCUT2D eigenvalue weighted by Gasteiger charge is -2.31. The molecule has 1 fully saturated rings. The van der Waals surface area contributed by atoms with Crippen LogP contribution in [0, 0.1) is 28.8 Å². The second kappa shape index (κ2) is 5.53. The molecule has 1 amide bonds. The number of amides is 1. The Morgan fingerprint density at radius 3 is 2.40 bits per heavy atom. The standard InChI is InChI=1S/C14H13F3N2O/c15-10-5-4-9(11(16)12(10)17)13(20)19-14(8-18)6-2-1-3-7-14/h4-5H,1-3,6-7H2,(H,19,20). The molecule has 0 saturated heterocycles. The Balaban J connectivity index is 2.24. The third-order valence-corrected chi connectivity index (χ3v) is 3.55. The Bertz CT molecular complexity index is 575. The van der Waals surface area contributed by atoms with Crippen molar-refractivity contribution in [3.05, 3.63) is 35.1 Å². The number of nitrogens with zero attached hydrogens (tertiary/aromatic N) is 1. The van der Waals surface area contributed by atoms with Crippen molar-refractivity contribution in [2.24, 2.45) is 0 Å². The van der Waals surface area contributed by atoms with Gasteiger partial charge in [0, 0.05) is 0 Å². The van der Waals surface area contributed by atoms with Crippen molar-refractivity contribution < 1.29 is 18.0 Å². The van der Waals surface area contributed by atoms with Gasteiger partial charge in [0.05, 0.1) is 11.6 Å². The van der Waals surface area contributed by atoms with E-state index in [2.05, 4.69) is 5.32 Å². The molecule has 1 aliphatic rings. The van der Waals surface area contributed by atoms with E-state index in [0.29, 0.717) is 18.9 Å². The van der Waals surface area contributed by atoms with E-state index < -0.39 is 34.5 Å². The predicted molar refractivity (Wildman–Crippen MR) is 65.2 cm³/mol. The van der Waals surface area contributed by atoms with Gasteiger partial charge in [0.15, 0.2) is 17.5 Å². The molecule has 0 atom stereocenters. The number of nitrogens with one attached hydrogen (secondary N) is 1. The maximum atomic E-state index is 13.5. The van der Waals surface area contributed by atoms with Crippen LogP contribution in [0.25, 0.3) is 0 Å². The lowest BCUT2D eigenvalue weighted by atomic mass is 9.82. The maximum Gasteiger partial charge on any atom is 0.255 e. The first kappa shape index (κ1) is 14.4. The lowest BCUT2D eigenvalue weighted by Crippen LogP contribution is -2.48. The number of hydrogen-bond acceptors (Lipinski definition) is 2. The Hall–Kier alpha value is -2.03. The van der Waals surface area contributed by atoms with Crippen molar-refractivity contribution in [3.63, 3.8) is 0 Å². The average molecular weight is 282 g/mol. The summed E-state index contributed by atoms with van der Waals surface area (Å²) in [7, 11) is 0. The first-order chi connectivity index (χ1) is 9.49. The van der Waals surface area contributed by atoms with Crippen LogP contribution in [0.15, 0.2) is 12.1 Å². The van der Waals surface area contributed by atoms with Crippen LogP contribution >= 0.6 is 0 Å². The van der Waals surface area contributed by atoms with Gasteiger partial charge in [-0.25, -0.2) is 13.2 Å². The zero-order valence-electron chi connectivity index (χ0n) is 10.7. The van der Waals surface area contributed by atoms with E-state index in [1.807, 2.05) is 6.07 Å². The summed E-state index contributed by atoms with van der Waals surface area (Å²) in [6, 6.07) is 3.60. The van der Waals surface area contributed by atoms with Gasteiger partial charge in [-0.3, -0.25) is 4.79 Å². The smallest absolute Gasteiger partial charge is 0.255 e. The van der Waals surface area contributed by atoms with Gasteiger partial charge in [-0.05, 0) is 25.0 Å². The highest BCUT2D eigenvalue weighted by atomic mass is 19.2. The third-order valence-electron chi connectivity index (χ3n) is 3.55. The van der Waals surface area contributed by atoms with Crippen LogP contribution in [-0.2, 0) is 0 Å². The first-order valence-corrected chi connectivity index (χ1v) is 6.36. The molecule has 106 valence electrons. The second-order valence-electron chi connectivity index (χ2n) is 4.93. The fraction of sp³-hybridized carbons (Fsp3) is 0.429. The fourth-order valence-corrected chi connectivity index (χ4v) is 2.41. The SMILES string of the molecule is N#CC1(NC(=O)c2ccc(F)c(F)c2F)CCCCC1. The summed E-state index contributed by atoms with van der Waals surface area (Å²) in [5.74, 6) is -5.48. The van der Waals surface area contributed by atoms with Crippen LogP contribution in [0.2, 0.25) is 0 Å². The molecule has 20 heavy (non-hydrogen) atoms. The van der Waals surface area contributed by atoms with E-state index in [4.69, 9.17) is 0 Å². The summed E-state index contributed by atoms with van der Waals surface area (Å²) >= 11 is 0. The molecular weight excluding hydrogens is 269 g/mol. The zero-order valence-corrected chi connectivity index (χ0v) is 10.7. The normalized spacial score (nSPS) is 17.3. The van der Waals surface area contributed by atoms with Crippen LogP contribution in [-0.4, -0.2) is 11.4 Å². The van der Waals surface area contributed by atoms with Crippen LogP contribution < -0.4 is 5.32 Å². The summed E-state index contributed by atoms with van der Waals surface area (Å²) in [6.45, 7) is 0. The Labute approximate surface area is 114 Å². The van der Waals surface area contributed by atoms with E-state index in [1.54, 1.807) is 0 Å². The average Bonchev–Trinajstić information content (AvgIpc) is 2.45. The highest BCUT2D eigenvalue weighted by molar-refractivity contribution is 5.95. The summed E-state index contributed by atoms with van der Waals surface area (Å²) in [4.78, 5) is 12.0. The van der Waals surface area contributed by atoms with Gasteiger partial charge < -0.3 is 5.32 Å². The molecule has 1 aliphatic carbocycles. The topological polar surface area (TPSA) is 52.9 Å². The molecule has 3 nitrogen and oxygen atoms in total. The van der Waals surface area contributed by atoms with Gasteiger partial charge in [0.1, 0.15) is 5.54 Å². The van der Waals surface area contributed by atoms with E-state index in [-0.39, 0.29) is 0 Å². The molecule has 0 aliphatic heterocycles. The Morgan fingerprint density at radius 1 is 1.15 bits per heavy atom. The van der Waals surface area contributed by atoms with Crippen molar-refractivity contribution in [1.29, 1.82) is 5.26 Å². The van der Waals surface area contributed by atoms with Gasteiger partial charge in [-0.2, -0.15) is 5.26 Å². The summed E-state index contributed by atoms with van der Waals surface area (Å²) in [5.41, 5.74) is -1.64. The van der Waals surface area contributed by atoms with Crippen molar-refractivity contribution in [1.82, 2.24) is 5.32 Å². The Morgan fingerprint density at radius 2 is 1.80 bits per heavy atom. The van der Waals surface area contributed by atoms with Gasteiger partial charge >= 0.3 is 0 Å². The van der Waals surface area contributed by atoms with Gasteiger partial charge in [0.2, 0.25) is 0 Å². The summed E-state index contributed by atoms with van der Waals surface area (Å²) in [5, 5.41) is 11.7. The predicted octanol–water partition coefficient (Wildman–Crippen LogP) is 3.06. The second-order valence-corrected chi connectivity index (χ2v) is 4.93. The number of rotatable bonds is 2. The van der Waals surface area contributed by atoms with Gasteiger partial charge in [-0.15, -0.1) is 0 Å². The van der Waals surface area contributed by atoms with E-state index in [9.17, 15) is 23.2 Å². The Kier molecular flexibility index (Phi) is 3.98. The van der Waals surface area contributed by atoms with Crippen molar-refractivity contribution >= 4 is 5.91 Å². The monoisotopic (exact) mass is 282 g/mol. The highest BCUT2D eigenvalue weighted by Gasteiger charge is 2.34. The minimum absolute atomic E-state index is 0.473. The van der Waals surface area contributed by atoms with Crippen molar-refractivity contribution in [2.75, 3.05) is 0 Å². The quantitative estimate of drug-likeness (QED) is 0.847. The molecule has 6 heteroatoms. The summed E-state index contributed by atoms with van der Waals surface area (Å²) < 4.78 is 39.5. The number of benzene rings is 1.